The van der Waals surface area contributed by atoms with Crippen LogP contribution in [-0.2, 0) is 15.9 Å². The van der Waals surface area contributed by atoms with Crippen molar-refractivity contribution in [2.45, 2.75) is 59.2 Å². The van der Waals surface area contributed by atoms with E-state index in [-0.39, 0.29) is 0 Å². The molecule has 0 aromatic heterocycles. The van der Waals surface area contributed by atoms with Crippen LogP contribution >= 0.6 is 0 Å². The number of nitrogens with one attached hydrogen (secondary N) is 2. The fourth-order valence-corrected chi connectivity index (χ4v) is 3.21. The quantitative estimate of drug-likeness (QED) is 0.561. The summed E-state index contributed by atoms with van der Waals surface area (Å²) in [7, 11) is 0. The molecule has 29 heavy (non-hydrogen) atoms. The zero-order valence-corrected chi connectivity index (χ0v) is 17.8. The zero-order valence-electron chi connectivity index (χ0n) is 17.8. The number of hydrogen-bond acceptors (Lipinski definition) is 4. The Hall–Kier alpha value is -3.02. The van der Waals surface area contributed by atoms with E-state index in [4.69, 9.17) is 9.47 Å². The van der Waals surface area contributed by atoms with E-state index in [0.29, 0.717) is 11.4 Å². The average molecular weight is 396 g/mol. The molecular weight excluding hydrogens is 368 g/mol. The molecule has 6 heteroatoms. The SMILES string of the molecule is CC(C)(C)OC(=O)Nc1ccc2c(c1)Cc1cc(NC(=O)OC(C)(C)C)ccc1-2. The molecule has 1 aliphatic carbocycles. The molecule has 6 nitrogen and oxygen atoms in total. The van der Waals surface area contributed by atoms with Crippen LogP contribution in [0.3, 0.4) is 0 Å². The highest BCUT2D eigenvalue weighted by molar-refractivity contribution is 5.89. The highest BCUT2D eigenvalue weighted by Gasteiger charge is 2.22. The molecule has 2 aromatic carbocycles. The highest BCUT2D eigenvalue weighted by Crippen LogP contribution is 2.39. The van der Waals surface area contributed by atoms with Crippen LogP contribution in [0.1, 0.15) is 52.7 Å². The second-order valence-electron chi connectivity index (χ2n) is 9.17. The lowest BCUT2D eigenvalue weighted by molar-refractivity contribution is 0.0624. The van der Waals surface area contributed by atoms with E-state index in [0.717, 1.165) is 28.7 Å². The number of ether oxygens (including phenoxy) is 2. The molecule has 1 aliphatic rings. The van der Waals surface area contributed by atoms with Gasteiger partial charge in [0.1, 0.15) is 11.2 Å². The van der Waals surface area contributed by atoms with Crippen LogP contribution in [0.2, 0.25) is 0 Å². The van der Waals surface area contributed by atoms with Crippen molar-refractivity contribution in [2.75, 3.05) is 10.6 Å². The number of hydrogen-bond donors (Lipinski definition) is 2. The molecule has 0 saturated heterocycles. The van der Waals surface area contributed by atoms with E-state index in [1.807, 2.05) is 77.9 Å². The summed E-state index contributed by atoms with van der Waals surface area (Å²) in [5, 5.41) is 5.56. The Kier molecular flexibility index (Phi) is 5.30. The normalized spacial score (nSPS) is 12.6. The fraction of sp³-hybridized carbons (Fsp3) is 0.391. The van der Waals surface area contributed by atoms with Crippen molar-refractivity contribution in [1.29, 1.82) is 0 Å². The lowest BCUT2D eigenvalue weighted by Gasteiger charge is -2.20. The Morgan fingerprint density at radius 3 is 1.45 bits per heavy atom. The second kappa shape index (κ2) is 7.43. The maximum Gasteiger partial charge on any atom is 0.412 e. The Bertz CT molecular complexity index is 875. The highest BCUT2D eigenvalue weighted by atomic mass is 16.6. The summed E-state index contributed by atoms with van der Waals surface area (Å²) in [6, 6.07) is 11.6. The van der Waals surface area contributed by atoms with E-state index in [9.17, 15) is 9.59 Å². The summed E-state index contributed by atoms with van der Waals surface area (Å²) < 4.78 is 10.6. The Balaban J connectivity index is 1.72. The molecule has 0 unspecified atom stereocenters. The fourth-order valence-electron chi connectivity index (χ4n) is 3.21. The summed E-state index contributed by atoms with van der Waals surface area (Å²) in [4.78, 5) is 24.0. The molecule has 3 rings (SSSR count). The molecular formula is C23H28N2O4. The number of carbonyl (C=O) groups excluding carboxylic acids is 2. The van der Waals surface area contributed by atoms with Crippen molar-refractivity contribution < 1.29 is 19.1 Å². The predicted octanol–water partition coefficient (Wildman–Crippen LogP) is 5.95. The van der Waals surface area contributed by atoms with Gasteiger partial charge in [0.2, 0.25) is 0 Å². The van der Waals surface area contributed by atoms with Crippen molar-refractivity contribution in [3.63, 3.8) is 0 Å². The molecule has 0 aliphatic heterocycles. The van der Waals surface area contributed by atoms with Crippen molar-refractivity contribution in [2.24, 2.45) is 0 Å². The molecule has 154 valence electrons. The van der Waals surface area contributed by atoms with Crippen molar-refractivity contribution in [3.05, 3.63) is 47.5 Å². The zero-order chi connectivity index (χ0) is 21.4. The molecule has 0 bridgehead atoms. The van der Waals surface area contributed by atoms with Crippen LogP contribution in [0.25, 0.3) is 11.1 Å². The lowest BCUT2D eigenvalue weighted by Crippen LogP contribution is -2.27. The number of anilines is 2. The standard InChI is InChI=1S/C23H28N2O4/c1-22(2,3)28-20(26)24-16-7-9-18-14(12-16)11-15-13-17(8-10-19(15)18)25-21(27)29-23(4,5)6/h7-10,12-13H,11H2,1-6H3,(H,24,26)(H,25,27). The van der Waals surface area contributed by atoms with E-state index in [2.05, 4.69) is 10.6 Å². The molecule has 2 N–H and O–H groups in total. The van der Waals surface area contributed by atoms with Gasteiger partial charge in [0.25, 0.3) is 0 Å². The molecule has 0 spiro atoms. The maximum absolute atomic E-state index is 12.0. The molecule has 0 heterocycles. The first kappa shape index (κ1) is 20.7. The largest absolute Gasteiger partial charge is 0.444 e. The minimum atomic E-state index is -0.547. The van der Waals surface area contributed by atoms with Gasteiger partial charge >= 0.3 is 12.2 Å². The van der Waals surface area contributed by atoms with Gasteiger partial charge in [0.15, 0.2) is 0 Å². The van der Waals surface area contributed by atoms with Gasteiger partial charge in [-0.3, -0.25) is 10.6 Å². The number of fused-ring (bicyclic) bond motifs is 3. The third-order valence-corrected chi connectivity index (χ3v) is 4.17. The van der Waals surface area contributed by atoms with Crippen molar-refractivity contribution in [1.82, 2.24) is 0 Å². The number of benzene rings is 2. The summed E-state index contributed by atoms with van der Waals surface area (Å²) in [6.45, 7) is 11.0. The Morgan fingerprint density at radius 2 is 1.10 bits per heavy atom. The number of rotatable bonds is 2. The van der Waals surface area contributed by atoms with E-state index in [1.54, 1.807) is 0 Å². The first-order valence-electron chi connectivity index (χ1n) is 9.66. The van der Waals surface area contributed by atoms with Gasteiger partial charge in [-0.05, 0) is 94.5 Å². The summed E-state index contributed by atoms with van der Waals surface area (Å²) in [5.41, 5.74) is 4.77. The third kappa shape index (κ3) is 5.50. The van der Waals surface area contributed by atoms with Crippen LogP contribution < -0.4 is 10.6 Å². The molecule has 0 saturated carbocycles. The second-order valence-corrected chi connectivity index (χ2v) is 9.17. The third-order valence-electron chi connectivity index (χ3n) is 4.17. The van der Waals surface area contributed by atoms with Gasteiger partial charge in [0, 0.05) is 11.4 Å². The first-order valence-corrected chi connectivity index (χ1v) is 9.66. The van der Waals surface area contributed by atoms with E-state index >= 15 is 0 Å². The van der Waals surface area contributed by atoms with Crippen LogP contribution in [-0.4, -0.2) is 23.4 Å². The van der Waals surface area contributed by atoms with Crippen molar-refractivity contribution >= 4 is 23.6 Å². The van der Waals surface area contributed by atoms with Gasteiger partial charge in [-0.25, -0.2) is 9.59 Å². The van der Waals surface area contributed by atoms with Crippen LogP contribution in [0, 0.1) is 0 Å². The molecule has 0 fully saturated rings. The topological polar surface area (TPSA) is 76.7 Å². The molecule has 2 amide bonds. The average Bonchev–Trinajstić information content (AvgIpc) is 2.87. The molecule has 0 radical (unpaired) electrons. The maximum atomic E-state index is 12.0. The number of amides is 2. The van der Waals surface area contributed by atoms with Gasteiger partial charge < -0.3 is 9.47 Å². The number of carbonyl (C=O) groups is 2. The lowest BCUT2D eigenvalue weighted by atomic mass is 10.1. The minimum Gasteiger partial charge on any atom is -0.444 e. The van der Waals surface area contributed by atoms with Crippen molar-refractivity contribution in [3.8, 4) is 11.1 Å². The summed E-state index contributed by atoms with van der Waals surface area (Å²) in [5.74, 6) is 0. The summed E-state index contributed by atoms with van der Waals surface area (Å²) >= 11 is 0. The van der Waals surface area contributed by atoms with E-state index in [1.165, 1.54) is 0 Å². The predicted molar refractivity (Wildman–Crippen MR) is 114 cm³/mol. The Morgan fingerprint density at radius 1 is 0.724 bits per heavy atom. The summed E-state index contributed by atoms with van der Waals surface area (Å²) in [6.07, 6.45) is -0.230. The molecule has 0 atom stereocenters. The van der Waals surface area contributed by atoms with E-state index < -0.39 is 23.4 Å². The van der Waals surface area contributed by atoms with Crippen LogP contribution in [0.5, 0.6) is 0 Å². The van der Waals surface area contributed by atoms with Crippen LogP contribution in [0.4, 0.5) is 21.0 Å². The van der Waals surface area contributed by atoms with Gasteiger partial charge in [0.05, 0.1) is 0 Å². The monoisotopic (exact) mass is 396 g/mol. The smallest absolute Gasteiger partial charge is 0.412 e. The van der Waals surface area contributed by atoms with Gasteiger partial charge in [-0.2, -0.15) is 0 Å². The first-order chi connectivity index (χ1) is 13.4. The van der Waals surface area contributed by atoms with Crippen LogP contribution in [0.15, 0.2) is 36.4 Å². The molecule has 2 aromatic rings. The van der Waals surface area contributed by atoms with Gasteiger partial charge in [-0.1, -0.05) is 12.1 Å². The van der Waals surface area contributed by atoms with Gasteiger partial charge in [-0.15, -0.1) is 0 Å². The Labute approximate surface area is 171 Å². The minimum absolute atomic E-state index is 0.475.